The highest BCUT2D eigenvalue weighted by Gasteiger charge is 2.23. The van der Waals surface area contributed by atoms with E-state index in [1.165, 1.54) is 28.1 Å². The molecule has 3 aromatic rings. The van der Waals surface area contributed by atoms with E-state index in [2.05, 4.69) is 15.4 Å². The number of ether oxygens (including phenoxy) is 2. The molecule has 4 rings (SSSR count). The first-order valence-corrected chi connectivity index (χ1v) is 12.3. The van der Waals surface area contributed by atoms with E-state index in [-0.39, 0.29) is 11.1 Å². The van der Waals surface area contributed by atoms with Crippen molar-refractivity contribution in [1.82, 2.24) is 9.99 Å². The number of amides is 2. The number of nitrogens with one attached hydrogen (secondary N) is 1. The highest BCUT2D eigenvalue weighted by molar-refractivity contribution is 8.14. The van der Waals surface area contributed by atoms with Gasteiger partial charge in [0.2, 0.25) is 0 Å². The molecule has 2 heterocycles. The number of hydrogen-bond donors (Lipinski definition) is 1. The number of rotatable bonds is 7. The summed E-state index contributed by atoms with van der Waals surface area (Å²) in [5, 5.41) is 9.69. The molecule has 0 bridgehead atoms. The number of hydrazone groups is 1. The van der Waals surface area contributed by atoms with Crippen LogP contribution in [0.5, 0.6) is 11.5 Å². The Morgan fingerprint density at radius 3 is 2.47 bits per heavy atom. The lowest BCUT2D eigenvalue weighted by Gasteiger charge is -2.23. The lowest BCUT2D eigenvalue weighted by atomic mass is 10.1. The van der Waals surface area contributed by atoms with Gasteiger partial charge >= 0.3 is 5.24 Å². The first-order valence-electron chi connectivity index (χ1n) is 10.5. The normalized spacial score (nSPS) is 13.5. The maximum absolute atomic E-state index is 12.5. The number of thiazole rings is 1. The van der Waals surface area contributed by atoms with Gasteiger partial charge in [-0.15, -0.1) is 11.3 Å². The molecule has 10 heteroatoms. The van der Waals surface area contributed by atoms with Crippen LogP contribution < -0.4 is 14.8 Å². The summed E-state index contributed by atoms with van der Waals surface area (Å²) in [4.78, 5) is 29.9. The Morgan fingerprint density at radius 2 is 1.82 bits per heavy atom. The number of aromatic nitrogens is 1. The van der Waals surface area contributed by atoms with Crippen molar-refractivity contribution in [3.05, 3.63) is 69.2 Å². The van der Waals surface area contributed by atoms with Gasteiger partial charge in [0.1, 0.15) is 4.88 Å². The zero-order valence-corrected chi connectivity index (χ0v) is 20.9. The van der Waals surface area contributed by atoms with E-state index in [1.54, 1.807) is 14.2 Å². The van der Waals surface area contributed by atoms with Gasteiger partial charge in [-0.3, -0.25) is 9.59 Å². The summed E-state index contributed by atoms with van der Waals surface area (Å²) in [6.45, 7) is 4.03. The Hall–Kier alpha value is -3.37. The Kier molecular flexibility index (Phi) is 7.18. The van der Waals surface area contributed by atoms with Crippen molar-refractivity contribution in [2.75, 3.05) is 25.3 Å². The molecule has 0 saturated heterocycles. The molecule has 2 aromatic carbocycles. The van der Waals surface area contributed by atoms with E-state index in [9.17, 15) is 9.59 Å². The van der Waals surface area contributed by atoms with Gasteiger partial charge in [-0.05, 0) is 49.7 Å². The Morgan fingerprint density at radius 1 is 1.09 bits per heavy atom. The quantitative estimate of drug-likeness (QED) is 0.489. The molecular formula is C24H24N4O4S2. The molecule has 2 amide bonds. The summed E-state index contributed by atoms with van der Waals surface area (Å²) in [6.07, 6.45) is 0. The van der Waals surface area contributed by atoms with Gasteiger partial charge in [0.15, 0.2) is 11.5 Å². The fraction of sp³-hybridized carbons (Fsp3) is 0.250. The van der Waals surface area contributed by atoms with Crippen LogP contribution in [0.3, 0.4) is 0 Å². The van der Waals surface area contributed by atoms with E-state index in [0.717, 1.165) is 27.5 Å². The minimum Gasteiger partial charge on any atom is -0.493 e. The highest BCUT2D eigenvalue weighted by Crippen LogP contribution is 2.30. The second-order valence-corrected chi connectivity index (χ2v) is 9.66. The van der Waals surface area contributed by atoms with Gasteiger partial charge in [-0.2, -0.15) is 5.10 Å². The molecule has 0 spiro atoms. The smallest absolute Gasteiger partial charge is 0.302 e. The topological polar surface area (TPSA) is 93.1 Å². The van der Waals surface area contributed by atoms with E-state index in [1.807, 2.05) is 56.3 Å². The van der Waals surface area contributed by atoms with Crippen molar-refractivity contribution >= 4 is 45.6 Å². The number of anilines is 1. The zero-order chi connectivity index (χ0) is 24.2. The Labute approximate surface area is 206 Å². The number of hydrogen-bond acceptors (Lipinski definition) is 8. The van der Waals surface area contributed by atoms with Gasteiger partial charge in [0.25, 0.3) is 5.91 Å². The molecule has 1 aromatic heterocycles. The summed E-state index contributed by atoms with van der Waals surface area (Å²) in [5.74, 6) is 1.54. The molecule has 0 unspecified atom stereocenters. The third kappa shape index (κ3) is 5.23. The number of aryl methyl sites for hydroxylation is 2. The molecule has 0 radical (unpaired) electrons. The van der Waals surface area contributed by atoms with E-state index in [0.29, 0.717) is 34.4 Å². The van der Waals surface area contributed by atoms with Crippen molar-refractivity contribution < 1.29 is 19.1 Å². The van der Waals surface area contributed by atoms with Gasteiger partial charge < -0.3 is 14.8 Å². The van der Waals surface area contributed by atoms with E-state index in [4.69, 9.17) is 9.47 Å². The molecule has 1 N–H and O–H groups in total. The average molecular weight is 497 g/mol. The lowest BCUT2D eigenvalue weighted by Crippen LogP contribution is -2.29. The molecule has 8 nitrogen and oxygen atoms in total. The summed E-state index contributed by atoms with van der Waals surface area (Å²) in [7, 11) is 3.17. The second-order valence-electron chi connectivity index (χ2n) is 7.53. The molecule has 1 aliphatic heterocycles. The predicted octanol–water partition coefficient (Wildman–Crippen LogP) is 5.10. The van der Waals surface area contributed by atoms with Crippen LogP contribution >= 0.6 is 23.1 Å². The molecule has 0 atom stereocenters. The summed E-state index contributed by atoms with van der Waals surface area (Å²) in [5.41, 5.74) is 3.95. The highest BCUT2D eigenvalue weighted by atomic mass is 32.2. The van der Waals surface area contributed by atoms with Crippen LogP contribution in [-0.4, -0.2) is 46.8 Å². The van der Waals surface area contributed by atoms with Gasteiger partial charge in [-0.25, -0.2) is 9.99 Å². The third-order valence-electron chi connectivity index (χ3n) is 5.16. The fourth-order valence-corrected chi connectivity index (χ4v) is 5.03. The van der Waals surface area contributed by atoms with Crippen LogP contribution in [-0.2, 0) is 6.54 Å². The molecule has 0 saturated carbocycles. The summed E-state index contributed by atoms with van der Waals surface area (Å²) >= 11 is 2.58. The minimum absolute atomic E-state index is 0.113. The number of thioether (sulfide) groups is 1. The van der Waals surface area contributed by atoms with Crippen LogP contribution in [0.1, 0.15) is 31.5 Å². The summed E-state index contributed by atoms with van der Waals surface area (Å²) < 4.78 is 10.7. The van der Waals surface area contributed by atoms with Crippen LogP contribution in [0.2, 0.25) is 0 Å². The van der Waals surface area contributed by atoms with Crippen molar-refractivity contribution in [2.24, 2.45) is 5.10 Å². The van der Waals surface area contributed by atoms with Crippen molar-refractivity contribution in [3.63, 3.8) is 0 Å². The maximum Gasteiger partial charge on any atom is 0.302 e. The maximum atomic E-state index is 12.5. The Bertz CT molecular complexity index is 1250. The molecule has 1 aliphatic rings. The first kappa shape index (κ1) is 23.8. The largest absolute Gasteiger partial charge is 0.493 e. The molecule has 34 heavy (non-hydrogen) atoms. The zero-order valence-electron chi connectivity index (χ0n) is 19.2. The number of carbonyl (C=O) groups excluding carboxylic acids is 2. The van der Waals surface area contributed by atoms with Gasteiger partial charge in [-0.1, -0.05) is 23.9 Å². The molecule has 176 valence electrons. The molecule has 0 fully saturated rings. The van der Waals surface area contributed by atoms with E-state index >= 15 is 0 Å². The van der Waals surface area contributed by atoms with Crippen molar-refractivity contribution in [2.45, 2.75) is 20.4 Å². The predicted molar refractivity (Wildman–Crippen MR) is 135 cm³/mol. The summed E-state index contributed by atoms with van der Waals surface area (Å²) in [6, 6.07) is 13.0. The SMILES string of the molecule is COc1ccc(C2=NN(Cc3ccc(NC(=O)c4sc(C)nc4C)cc3)C(=O)SC2)cc1OC. The number of methoxy groups -OCH3 is 2. The number of carbonyl (C=O) groups is 2. The van der Waals surface area contributed by atoms with Crippen LogP contribution in [0.25, 0.3) is 0 Å². The van der Waals surface area contributed by atoms with Crippen molar-refractivity contribution in [1.29, 1.82) is 0 Å². The number of nitrogens with zero attached hydrogens (tertiary/aromatic N) is 3. The first-order chi connectivity index (χ1) is 16.4. The lowest BCUT2D eigenvalue weighted by molar-refractivity contribution is 0.103. The Balaban J connectivity index is 1.46. The fourth-order valence-electron chi connectivity index (χ4n) is 3.47. The molecule has 0 aliphatic carbocycles. The monoisotopic (exact) mass is 496 g/mol. The third-order valence-corrected chi connectivity index (χ3v) is 7.10. The van der Waals surface area contributed by atoms with E-state index < -0.39 is 0 Å². The van der Waals surface area contributed by atoms with Crippen LogP contribution in [0.4, 0.5) is 10.5 Å². The van der Waals surface area contributed by atoms with Crippen LogP contribution in [0, 0.1) is 13.8 Å². The minimum atomic E-state index is -0.178. The van der Waals surface area contributed by atoms with Gasteiger partial charge in [0.05, 0.1) is 37.2 Å². The van der Waals surface area contributed by atoms with Gasteiger partial charge in [0, 0.05) is 17.0 Å². The average Bonchev–Trinajstić information content (AvgIpc) is 3.19. The van der Waals surface area contributed by atoms with Crippen molar-refractivity contribution in [3.8, 4) is 11.5 Å². The van der Waals surface area contributed by atoms with Crippen LogP contribution in [0.15, 0.2) is 47.6 Å². The number of benzene rings is 2. The second kappa shape index (κ2) is 10.3. The standard InChI is InChI=1S/C24H24N4O4S2/c1-14-22(34-15(2)25-14)23(29)26-18-8-5-16(6-9-18)12-28-24(30)33-13-19(27-28)17-7-10-20(31-3)21(11-17)32-4/h5-11H,12-13H2,1-4H3,(H,26,29). The molecular weight excluding hydrogens is 472 g/mol.